The quantitative estimate of drug-likeness (QED) is 0.553. The van der Waals surface area contributed by atoms with E-state index in [1.54, 1.807) is 0 Å². The van der Waals surface area contributed by atoms with Gasteiger partial charge < -0.3 is 4.74 Å². The number of benzene rings is 2. The Balaban J connectivity index is 2.00. The summed E-state index contributed by atoms with van der Waals surface area (Å²) in [7, 11) is 0. The molecule has 0 saturated heterocycles. The van der Waals surface area contributed by atoms with E-state index < -0.39 is 0 Å². The largest absolute Gasteiger partial charge is 0.493 e. The van der Waals surface area contributed by atoms with Crippen LogP contribution >= 0.6 is 0 Å². The minimum Gasteiger partial charge on any atom is -0.493 e. The smallest absolute Gasteiger partial charge is 0.128 e. The molecule has 1 aromatic heterocycles. The first-order valence-corrected chi connectivity index (χ1v) is 8.12. The first-order valence-electron chi connectivity index (χ1n) is 8.12. The van der Waals surface area contributed by atoms with Gasteiger partial charge in [-0.25, -0.2) is 0 Å². The van der Waals surface area contributed by atoms with Gasteiger partial charge in [0.25, 0.3) is 0 Å². The number of nitrogens with zero attached hydrogens (tertiary/aromatic N) is 1. The fourth-order valence-corrected chi connectivity index (χ4v) is 2.51. The standard InChI is InChI=1S/C21H21NO/c1-2-3-15-23-21-13-12-18(17-9-5-4-6-10-17)16-19(21)20-11-7-8-14-22-20/h4-14,16H,2-3,15H2,1H3. The van der Waals surface area contributed by atoms with E-state index in [0.29, 0.717) is 0 Å². The van der Waals surface area contributed by atoms with Crippen LogP contribution in [0.15, 0.2) is 72.9 Å². The maximum Gasteiger partial charge on any atom is 0.128 e. The fraction of sp³-hybridized carbons (Fsp3) is 0.190. The Morgan fingerprint density at radius 1 is 0.870 bits per heavy atom. The van der Waals surface area contributed by atoms with E-state index in [-0.39, 0.29) is 0 Å². The molecule has 2 nitrogen and oxygen atoms in total. The van der Waals surface area contributed by atoms with Gasteiger partial charge in [-0.3, -0.25) is 4.98 Å². The summed E-state index contributed by atoms with van der Waals surface area (Å²) in [4.78, 5) is 4.49. The summed E-state index contributed by atoms with van der Waals surface area (Å²) in [5.74, 6) is 0.900. The number of pyridine rings is 1. The molecule has 2 heteroatoms. The average molecular weight is 303 g/mol. The topological polar surface area (TPSA) is 22.1 Å². The minimum absolute atomic E-state index is 0.737. The molecule has 0 aliphatic heterocycles. The van der Waals surface area contributed by atoms with Crippen molar-refractivity contribution < 1.29 is 4.74 Å². The Labute approximate surface area is 137 Å². The van der Waals surface area contributed by atoms with Gasteiger partial charge in [-0.2, -0.15) is 0 Å². The van der Waals surface area contributed by atoms with Crippen molar-refractivity contribution in [3.63, 3.8) is 0 Å². The summed E-state index contributed by atoms with van der Waals surface area (Å²) in [6.07, 6.45) is 4.00. The van der Waals surface area contributed by atoms with E-state index in [0.717, 1.165) is 36.5 Å². The summed E-state index contributed by atoms with van der Waals surface area (Å²) in [5, 5.41) is 0. The van der Waals surface area contributed by atoms with Gasteiger partial charge in [0.05, 0.1) is 12.3 Å². The molecule has 23 heavy (non-hydrogen) atoms. The number of hydrogen-bond donors (Lipinski definition) is 0. The number of hydrogen-bond acceptors (Lipinski definition) is 2. The Bertz CT molecular complexity index is 738. The number of rotatable bonds is 6. The zero-order chi connectivity index (χ0) is 15.9. The molecule has 0 aliphatic carbocycles. The van der Waals surface area contributed by atoms with Gasteiger partial charge >= 0.3 is 0 Å². The van der Waals surface area contributed by atoms with Crippen LogP contribution in [0.5, 0.6) is 5.75 Å². The third kappa shape index (κ3) is 3.78. The van der Waals surface area contributed by atoms with Crippen molar-refractivity contribution in [2.75, 3.05) is 6.61 Å². The highest BCUT2D eigenvalue weighted by atomic mass is 16.5. The van der Waals surface area contributed by atoms with Crippen molar-refractivity contribution in [3.05, 3.63) is 72.9 Å². The molecule has 0 N–H and O–H groups in total. The van der Waals surface area contributed by atoms with E-state index >= 15 is 0 Å². The SMILES string of the molecule is CCCCOc1ccc(-c2ccccc2)cc1-c1ccccn1. The van der Waals surface area contributed by atoms with E-state index in [4.69, 9.17) is 4.74 Å². The van der Waals surface area contributed by atoms with E-state index in [1.807, 2.05) is 30.5 Å². The summed E-state index contributed by atoms with van der Waals surface area (Å²) in [6.45, 7) is 2.91. The minimum atomic E-state index is 0.737. The van der Waals surface area contributed by atoms with Gasteiger partial charge in [0.1, 0.15) is 5.75 Å². The van der Waals surface area contributed by atoms with Crippen LogP contribution in [-0.4, -0.2) is 11.6 Å². The van der Waals surface area contributed by atoms with Crippen LogP contribution in [0.2, 0.25) is 0 Å². The third-order valence-electron chi connectivity index (χ3n) is 3.78. The van der Waals surface area contributed by atoms with Crippen LogP contribution in [-0.2, 0) is 0 Å². The molecule has 0 atom stereocenters. The first kappa shape index (κ1) is 15.3. The lowest BCUT2D eigenvalue weighted by Gasteiger charge is -2.13. The molecular formula is C21H21NO. The molecule has 0 radical (unpaired) electrons. The summed E-state index contributed by atoms with van der Waals surface area (Å²) < 4.78 is 5.98. The highest BCUT2D eigenvalue weighted by Gasteiger charge is 2.10. The second-order valence-electron chi connectivity index (χ2n) is 5.49. The summed E-state index contributed by atoms with van der Waals surface area (Å²) in [5.41, 5.74) is 4.36. The van der Waals surface area contributed by atoms with E-state index in [1.165, 1.54) is 11.1 Å². The van der Waals surface area contributed by atoms with Crippen LogP contribution < -0.4 is 4.74 Å². The molecule has 0 fully saturated rings. The normalized spacial score (nSPS) is 10.5. The van der Waals surface area contributed by atoms with Gasteiger partial charge in [0.2, 0.25) is 0 Å². The second-order valence-corrected chi connectivity index (χ2v) is 5.49. The maximum absolute atomic E-state index is 5.98. The molecule has 0 bridgehead atoms. The molecular weight excluding hydrogens is 282 g/mol. The predicted octanol–water partition coefficient (Wildman–Crippen LogP) is 5.59. The van der Waals surface area contributed by atoms with Crippen molar-refractivity contribution >= 4 is 0 Å². The monoisotopic (exact) mass is 303 g/mol. The predicted molar refractivity (Wildman–Crippen MR) is 95.5 cm³/mol. The van der Waals surface area contributed by atoms with Crippen molar-refractivity contribution in [2.24, 2.45) is 0 Å². The second kappa shape index (κ2) is 7.59. The lowest BCUT2D eigenvalue weighted by molar-refractivity contribution is 0.310. The van der Waals surface area contributed by atoms with Crippen LogP contribution in [0.3, 0.4) is 0 Å². The van der Waals surface area contributed by atoms with Gasteiger partial charge in [-0.15, -0.1) is 0 Å². The highest BCUT2D eigenvalue weighted by molar-refractivity contribution is 5.75. The molecule has 3 rings (SSSR count). The molecule has 3 aromatic rings. The Hall–Kier alpha value is -2.61. The molecule has 0 saturated carbocycles. The van der Waals surface area contributed by atoms with Gasteiger partial charge in [0, 0.05) is 11.8 Å². The van der Waals surface area contributed by atoms with Crippen molar-refractivity contribution in [2.45, 2.75) is 19.8 Å². The fourth-order valence-electron chi connectivity index (χ4n) is 2.51. The maximum atomic E-state index is 5.98. The van der Waals surface area contributed by atoms with Crippen molar-refractivity contribution in [1.82, 2.24) is 4.98 Å². The van der Waals surface area contributed by atoms with Crippen LogP contribution in [0.25, 0.3) is 22.4 Å². The highest BCUT2D eigenvalue weighted by Crippen LogP contribution is 2.33. The Morgan fingerprint density at radius 3 is 2.43 bits per heavy atom. The molecule has 0 aliphatic rings. The molecule has 116 valence electrons. The zero-order valence-corrected chi connectivity index (χ0v) is 13.4. The lowest BCUT2D eigenvalue weighted by atomic mass is 10.0. The van der Waals surface area contributed by atoms with E-state index in [9.17, 15) is 0 Å². The molecule has 0 spiro atoms. The van der Waals surface area contributed by atoms with Crippen LogP contribution in [0, 0.1) is 0 Å². The first-order chi connectivity index (χ1) is 11.4. The zero-order valence-electron chi connectivity index (χ0n) is 13.4. The number of ether oxygens (including phenoxy) is 1. The van der Waals surface area contributed by atoms with Gasteiger partial charge in [-0.1, -0.05) is 55.8 Å². The third-order valence-corrected chi connectivity index (χ3v) is 3.78. The molecule has 1 heterocycles. The number of unbranched alkanes of at least 4 members (excludes halogenated alkanes) is 1. The molecule has 0 amide bonds. The summed E-state index contributed by atoms with van der Waals surface area (Å²) >= 11 is 0. The van der Waals surface area contributed by atoms with Crippen LogP contribution in [0.1, 0.15) is 19.8 Å². The lowest BCUT2D eigenvalue weighted by Crippen LogP contribution is -1.99. The molecule has 2 aromatic carbocycles. The summed E-state index contributed by atoms with van der Waals surface area (Å²) in [6, 6.07) is 22.7. The van der Waals surface area contributed by atoms with E-state index in [2.05, 4.69) is 54.4 Å². The van der Waals surface area contributed by atoms with Gasteiger partial charge in [0.15, 0.2) is 0 Å². The Kier molecular flexibility index (Phi) is 5.05. The average Bonchev–Trinajstić information content (AvgIpc) is 2.63. The van der Waals surface area contributed by atoms with Crippen molar-refractivity contribution in [1.29, 1.82) is 0 Å². The molecule has 0 unspecified atom stereocenters. The number of aromatic nitrogens is 1. The van der Waals surface area contributed by atoms with Crippen LogP contribution in [0.4, 0.5) is 0 Å². The van der Waals surface area contributed by atoms with Gasteiger partial charge in [-0.05, 0) is 41.8 Å². The van der Waals surface area contributed by atoms with Crippen molar-refractivity contribution in [3.8, 4) is 28.1 Å². The Morgan fingerprint density at radius 2 is 1.70 bits per heavy atom.